The third-order valence-corrected chi connectivity index (χ3v) is 3.74. The predicted molar refractivity (Wildman–Crippen MR) is 76.3 cm³/mol. The molecule has 1 aliphatic rings. The van der Waals surface area contributed by atoms with Crippen LogP contribution in [0.5, 0.6) is 5.75 Å². The van der Waals surface area contributed by atoms with Crippen LogP contribution in [0.25, 0.3) is 0 Å². The van der Waals surface area contributed by atoms with Crippen molar-refractivity contribution in [3.05, 3.63) is 29.8 Å². The van der Waals surface area contributed by atoms with Crippen LogP contribution in [0, 0.1) is 11.3 Å². The van der Waals surface area contributed by atoms with E-state index in [1.54, 1.807) is 24.3 Å². The summed E-state index contributed by atoms with van der Waals surface area (Å²) in [6, 6.07) is 9.30. The van der Waals surface area contributed by atoms with Gasteiger partial charge in [-0.25, -0.2) is 0 Å². The summed E-state index contributed by atoms with van der Waals surface area (Å²) >= 11 is 0. The lowest BCUT2D eigenvalue weighted by Crippen LogP contribution is -2.45. The summed E-state index contributed by atoms with van der Waals surface area (Å²) in [4.78, 5) is 14.2. The van der Waals surface area contributed by atoms with Crippen LogP contribution < -0.4 is 4.74 Å². The summed E-state index contributed by atoms with van der Waals surface area (Å²) in [5, 5.41) is 8.83. The van der Waals surface area contributed by atoms with Crippen LogP contribution >= 0.6 is 0 Å². The highest BCUT2D eigenvalue weighted by Crippen LogP contribution is 2.20. The Morgan fingerprint density at radius 2 is 2.35 bits per heavy atom. The minimum Gasteiger partial charge on any atom is -0.484 e. The van der Waals surface area contributed by atoms with Gasteiger partial charge in [0.15, 0.2) is 6.61 Å². The van der Waals surface area contributed by atoms with Gasteiger partial charge in [0.25, 0.3) is 5.91 Å². The highest BCUT2D eigenvalue weighted by Gasteiger charge is 2.25. The quantitative estimate of drug-likeness (QED) is 0.846. The van der Waals surface area contributed by atoms with E-state index in [4.69, 9.17) is 10.00 Å². The third kappa shape index (κ3) is 3.51. The molecule has 1 fully saturated rings. The molecule has 4 nitrogen and oxygen atoms in total. The molecule has 0 N–H and O–H groups in total. The lowest BCUT2D eigenvalue weighted by Gasteiger charge is -2.35. The van der Waals surface area contributed by atoms with E-state index in [1.165, 1.54) is 6.42 Å². The summed E-state index contributed by atoms with van der Waals surface area (Å²) in [5.74, 6) is 0.612. The number of nitrogens with zero attached hydrogens (tertiary/aromatic N) is 2. The zero-order valence-electron chi connectivity index (χ0n) is 11.8. The Morgan fingerprint density at radius 3 is 3.10 bits per heavy atom. The van der Waals surface area contributed by atoms with E-state index in [2.05, 4.69) is 13.0 Å². The van der Waals surface area contributed by atoms with E-state index < -0.39 is 0 Å². The first-order valence-electron chi connectivity index (χ1n) is 7.17. The van der Waals surface area contributed by atoms with Crippen molar-refractivity contribution in [1.82, 2.24) is 4.90 Å². The maximum atomic E-state index is 12.2. The van der Waals surface area contributed by atoms with Crippen molar-refractivity contribution < 1.29 is 9.53 Å². The summed E-state index contributed by atoms with van der Waals surface area (Å²) < 4.78 is 5.51. The van der Waals surface area contributed by atoms with Crippen molar-refractivity contribution in [2.75, 3.05) is 13.2 Å². The average Bonchev–Trinajstić information content (AvgIpc) is 2.52. The van der Waals surface area contributed by atoms with Crippen molar-refractivity contribution in [2.45, 2.75) is 38.6 Å². The minimum absolute atomic E-state index is 0.0407. The fourth-order valence-electron chi connectivity index (χ4n) is 2.64. The number of carbonyl (C=O) groups excluding carboxylic acids is 1. The summed E-state index contributed by atoms with van der Waals surface area (Å²) in [6.45, 7) is 3.00. The number of piperidine rings is 1. The average molecular weight is 272 g/mol. The molecular formula is C16H20N2O2. The van der Waals surface area contributed by atoms with Crippen LogP contribution in [0.3, 0.4) is 0 Å². The van der Waals surface area contributed by atoms with Crippen LogP contribution in [-0.4, -0.2) is 30.0 Å². The first kappa shape index (κ1) is 14.4. The summed E-state index contributed by atoms with van der Waals surface area (Å²) in [6.07, 6.45) is 4.36. The largest absolute Gasteiger partial charge is 0.484 e. The first-order chi connectivity index (χ1) is 9.74. The molecule has 1 unspecified atom stereocenters. The molecule has 0 spiro atoms. The molecule has 0 bridgehead atoms. The second kappa shape index (κ2) is 6.95. The van der Waals surface area contributed by atoms with Gasteiger partial charge < -0.3 is 9.64 Å². The van der Waals surface area contributed by atoms with Gasteiger partial charge in [0.05, 0.1) is 11.6 Å². The highest BCUT2D eigenvalue weighted by atomic mass is 16.5. The summed E-state index contributed by atoms with van der Waals surface area (Å²) in [5.41, 5.74) is 0.541. The Hall–Kier alpha value is -2.02. The number of benzene rings is 1. The molecule has 106 valence electrons. The minimum atomic E-state index is 0.0407. The molecule has 20 heavy (non-hydrogen) atoms. The second-order valence-electron chi connectivity index (χ2n) is 5.07. The van der Waals surface area contributed by atoms with E-state index in [-0.39, 0.29) is 12.5 Å². The lowest BCUT2D eigenvalue weighted by atomic mass is 10.00. The van der Waals surface area contributed by atoms with E-state index in [0.29, 0.717) is 17.4 Å². The van der Waals surface area contributed by atoms with Gasteiger partial charge in [-0.15, -0.1) is 0 Å². The van der Waals surface area contributed by atoms with Crippen LogP contribution in [-0.2, 0) is 4.79 Å². The van der Waals surface area contributed by atoms with Gasteiger partial charge in [-0.3, -0.25) is 4.79 Å². The summed E-state index contributed by atoms with van der Waals surface area (Å²) in [7, 11) is 0. The molecule has 1 heterocycles. The zero-order valence-corrected chi connectivity index (χ0v) is 11.8. The molecule has 4 heteroatoms. The van der Waals surface area contributed by atoms with Crippen molar-refractivity contribution >= 4 is 5.91 Å². The van der Waals surface area contributed by atoms with Crippen molar-refractivity contribution in [3.63, 3.8) is 0 Å². The van der Waals surface area contributed by atoms with Crippen LogP contribution in [0.1, 0.15) is 38.2 Å². The highest BCUT2D eigenvalue weighted by molar-refractivity contribution is 5.78. The Bertz CT molecular complexity index is 507. The standard InChI is InChI=1S/C16H20N2O2/c1-2-14-7-3-4-9-18(14)16(19)12-20-15-8-5-6-13(10-15)11-17/h5-6,8,10,14H,2-4,7,9,12H2,1H3. The van der Waals surface area contributed by atoms with Crippen molar-refractivity contribution in [2.24, 2.45) is 0 Å². The zero-order chi connectivity index (χ0) is 14.4. The molecule has 0 aromatic heterocycles. The van der Waals surface area contributed by atoms with Gasteiger partial charge in [0.1, 0.15) is 5.75 Å². The van der Waals surface area contributed by atoms with E-state index in [1.807, 2.05) is 4.90 Å². The van der Waals surface area contributed by atoms with Crippen molar-refractivity contribution in [1.29, 1.82) is 5.26 Å². The number of ether oxygens (including phenoxy) is 1. The Morgan fingerprint density at radius 1 is 1.50 bits per heavy atom. The third-order valence-electron chi connectivity index (χ3n) is 3.74. The molecule has 0 radical (unpaired) electrons. The van der Waals surface area contributed by atoms with Gasteiger partial charge in [-0.1, -0.05) is 13.0 Å². The van der Waals surface area contributed by atoms with Crippen LogP contribution in [0.4, 0.5) is 0 Å². The maximum absolute atomic E-state index is 12.2. The fourth-order valence-corrected chi connectivity index (χ4v) is 2.64. The van der Waals surface area contributed by atoms with Gasteiger partial charge in [0.2, 0.25) is 0 Å². The van der Waals surface area contributed by atoms with E-state index >= 15 is 0 Å². The molecule has 0 aliphatic carbocycles. The smallest absolute Gasteiger partial charge is 0.260 e. The maximum Gasteiger partial charge on any atom is 0.260 e. The fraction of sp³-hybridized carbons (Fsp3) is 0.500. The molecule has 1 aliphatic heterocycles. The topological polar surface area (TPSA) is 53.3 Å². The van der Waals surface area contributed by atoms with E-state index in [0.717, 1.165) is 25.8 Å². The SMILES string of the molecule is CCC1CCCCN1C(=O)COc1cccc(C#N)c1. The first-order valence-corrected chi connectivity index (χ1v) is 7.17. The van der Waals surface area contributed by atoms with E-state index in [9.17, 15) is 4.79 Å². The normalized spacial score (nSPS) is 18.4. The Kier molecular flexibility index (Phi) is 5.00. The Balaban J connectivity index is 1.92. The molecule has 1 aromatic carbocycles. The number of likely N-dealkylation sites (tertiary alicyclic amines) is 1. The Labute approximate surface area is 120 Å². The van der Waals surface area contributed by atoms with Gasteiger partial charge in [-0.05, 0) is 43.9 Å². The molecule has 2 rings (SSSR count). The van der Waals surface area contributed by atoms with Gasteiger partial charge in [-0.2, -0.15) is 5.26 Å². The number of amides is 1. The second-order valence-corrected chi connectivity index (χ2v) is 5.07. The monoisotopic (exact) mass is 272 g/mol. The van der Waals surface area contributed by atoms with Gasteiger partial charge >= 0.3 is 0 Å². The molecule has 1 saturated heterocycles. The molecule has 1 aromatic rings. The predicted octanol–water partition coefficient (Wildman–Crippen LogP) is 2.73. The van der Waals surface area contributed by atoms with Gasteiger partial charge in [0, 0.05) is 12.6 Å². The molecular weight excluding hydrogens is 252 g/mol. The number of rotatable bonds is 4. The number of carbonyl (C=O) groups is 1. The van der Waals surface area contributed by atoms with Crippen LogP contribution in [0.15, 0.2) is 24.3 Å². The molecule has 1 amide bonds. The number of hydrogen-bond donors (Lipinski definition) is 0. The number of hydrogen-bond acceptors (Lipinski definition) is 3. The number of nitriles is 1. The molecule has 1 atom stereocenters. The van der Waals surface area contributed by atoms with Crippen molar-refractivity contribution in [3.8, 4) is 11.8 Å². The van der Waals surface area contributed by atoms with Crippen LogP contribution in [0.2, 0.25) is 0 Å². The molecule has 0 saturated carbocycles. The lowest BCUT2D eigenvalue weighted by molar-refractivity contribution is -0.137.